The van der Waals surface area contributed by atoms with Crippen LogP contribution in [0.4, 0.5) is 0 Å². The fraction of sp³-hybridized carbons (Fsp3) is 0.588. The molecule has 0 aromatic carbocycles. The van der Waals surface area contributed by atoms with E-state index in [1.54, 1.807) is 22.7 Å². The maximum Gasteiger partial charge on any atom is 0.274 e. The summed E-state index contributed by atoms with van der Waals surface area (Å²) in [6, 6.07) is 2.33. The molecular weight excluding hydrogens is 320 g/mol. The summed E-state index contributed by atoms with van der Waals surface area (Å²) < 4.78 is 6.54. The number of rotatable bonds is 6. The fourth-order valence-electron chi connectivity index (χ4n) is 3.27. The number of likely N-dealkylation sites (N-methyl/N-ethyl adjacent to an activating group) is 1. The second-order valence-electron chi connectivity index (χ2n) is 6.97. The van der Waals surface area contributed by atoms with E-state index in [0.29, 0.717) is 18.3 Å². The average Bonchev–Trinajstić information content (AvgIpc) is 3.28. The number of hydrogen-bond acceptors (Lipinski definition) is 6. The van der Waals surface area contributed by atoms with Crippen LogP contribution in [-0.2, 0) is 20.1 Å². The van der Waals surface area contributed by atoms with Gasteiger partial charge in [-0.2, -0.15) is 5.10 Å². The highest BCUT2D eigenvalue weighted by Crippen LogP contribution is 2.19. The maximum absolute atomic E-state index is 12.8. The molecule has 1 unspecified atom stereocenters. The summed E-state index contributed by atoms with van der Waals surface area (Å²) in [6.45, 7) is 3.21. The Morgan fingerprint density at radius 3 is 2.84 bits per heavy atom. The largest absolute Gasteiger partial charge is 0.364 e. The summed E-state index contributed by atoms with van der Waals surface area (Å²) in [5, 5.41) is 8.26. The van der Waals surface area contributed by atoms with Crippen molar-refractivity contribution in [2.75, 3.05) is 34.2 Å². The van der Waals surface area contributed by atoms with Gasteiger partial charge in [-0.25, -0.2) is 0 Å². The molecule has 8 heteroatoms. The molecule has 2 aromatic heterocycles. The molecule has 0 saturated carbocycles. The van der Waals surface area contributed by atoms with Crippen molar-refractivity contribution in [1.29, 1.82) is 0 Å². The van der Waals surface area contributed by atoms with Gasteiger partial charge in [-0.05, 0) is 20.5 Å². The van der Waals surface area contributed by atoms with Gasteiger partial charge in [0.2, 0.25) is 0 Å². The minimum atomic E-state index is -0.0954. The SMILES string of the molecule is CN(Cc1ccon1)C(=O)c1nn(C)cc1CN1CCC(N(C)C)C1. The van der Waals surface area contributed by atoms with Gasteiger partial charge in [-0.1, -0.05) is 5.16 Å². The Labute approximate surface area is 148 Å². The summed E-state index contributed by atoms with van der Waals surface area (Å²) in [6.07, 6.45) is 4.61. The van der Waals surface area contributed by atoms with E-state index in [4.69, 9.17) is 4.52 Å². The molecule has 25 heavy (non-hydrogen) atoms. The molecule has 136 valence electrons. The lowest BCUT2D eigenvalue weighted by atomic mass is 10.2. The highest BCUT2D eigenvalue weighted by Gasteiger charge is 2.27. The molecule has 8 nitrogen and oxygen atoms in total. The monoisotopic (exact) mass is 346 g/mol. The number of likely N-dealkylation sites (tertiary alicyclic amines) is 1. The highest BCUT2D eigenvalue weighted by molar-refractivity contribution is 5.93. The van der Waals surface area contributed by atoms with E-state index in [1.807, 2.05) is 13.2 Å². The van der Waals surface area contributed by atoms with Gasteiger partial charge >= 0.3 is 0 Å². The minimum absolute atomic E-state index is 0.0954. The molecule has 2 aromatic rings. The molecule has 1 atom stereocenters. The van der Waals surface area contributed by atoms with Crippen LogP contribution >= 0.6 is 0 Å². The van der Waals surface area contributed by atoms with Crippen LogP contribution in [0.2, 0.25) is 0 Å². The molecule has 0 spiro atoms. The van der Waals surface area contributed by atoms with Crippen molar-refractivity contribution in [1.82, 2.24) is 29.6 Å². The number of carbonyl (C=O) groups excluding carboxylic acids is 1. The summed E-state index contributed by atoms with van der Waals surface area (Å²) >= 11 is 0. The highest BCUT2D eigenvalue weighted by atomic mass is 16.5. The van der Waals surface area contributed by atoms with E-state index < -0.39 is 0 Å². The minimum Gasteiger partial charge on any atom is -0.364 e. The van der Waals surface area contributed by atoms with Crippen LogP contribution in [-0.4, -0.2) is 75.8 Å². The van der Waals surface area contributed by atoms with Crippen LogP contribution in [0.5, 0.6) is 0 Å². The van der Waals surface area contributed by atoms with Crippen LogP contribution < -0.4 is 0 Å². The number of amides is 1. The topological polar surface area (TPSA) is 70.6 Å². The van der Waals surface area contributed by atoms with Crippen molar-refractivity contribution in [3.63, 3.8) is 0 Å². The van der Waals surface area contributed by atoms with E-state index in [-0.39, 0.29) is 5.91 Å². The molecule has 3 rings (SSSR count). The fourth-order valence-corrected chi connectivity index (χ4v) is 3.27. The van der Waals surface area contributed by atoms with Crippen LogP contribution in [0.3, 0.4) is 0 Å². The predicted octanol–water partition coefficient (Wildman–Crippen LogP) is 0.816. The van der Waals surface area contributed by atoms with Crippen molar-refractivity contribution in [3.05, 3.63) is 35.5 Å². The molecule has 1 fully saturated rings. The average molecular weight is 346 g/mol. The van der Waals surface area contributed by atoms with E-state index in [2.05, 4.69) is 34.2 Å². The van der Waals surface area contributed by atoms with Gasteiger partial charge in [0.05, 0.1) is 6.54 Å². The van der Waals surface area contributed by atoms with E-state index >= 15 is 0 Å². The first-order chi connectivity index (χ1) is 11.9. The molecular formula is C17H26N6O2. The zero-order chi connectivity index (χ0) is 18.0. The van der Waals surface area contributed by atoms with Gasteiger partial charge in [0.1, 0.15) is 12.0 Å². The Hall–Kier alpha value is -2.19. The van der Waals surface area contributed by atoms with Crippen LogP contribution in [0.15, 0.2) is 23.0 Å². The first-order valence-corrected chi connectivity index (χ1v) is 8.50. The van der Waals surface area contributed by atoms with Crippen molar-refractivity contribution in [2.45, 2.75) is 25.6 Å². The standard InChI is InChI=1S/C17H26N6O2/c1-20(2)15-5-7-23(12-15)10-13-9-22(4)18-16(13)17(24)21(3)11-14-6-8-25-19-14/h6,8-9,15H,5,7,10-12H2,1-4H3. The summed E-state index contributed by atoms with van der Waals surface area (Å²) in [4.78, 5) is 19.1. The van der Waals surface area contributed by atoms with Crippen molar-refractivity contribution >= 4 is 5.91 Å². The van der Waals surface area contributed by atoms with Crippen molar-refractivity contribution in [2.24, 2.45) is 7.05 Å². The zero-order valence-electron chi connectivity index (χ0n) is 15.3. The van der Waals surface area contributed by atoms with Crippen molar-refractivity contribution in [3.8, 4) is 0 Å². The number of carbonyl (C=O) groups is 1. The van der Waals surface area contributed by atoms with Gasteiger partial charge < -0.3 is 14.3 Å². The van der Waals surface area contributed by atoms with E-state index in [0.717, 1.165) is 37.3 Å². The van der Waals surface area contributed by atoms with E-state index in [9.17, 15) is 4.79 Å². The third-order valence-electron chi connectivity index (χ3n) is 4.72. The Bertz CT molecular complexity index is 709. The normalized spacial score (nSPS) is 18.2. The van der Waals surface area contributed by atoms with Gasteiger partial charge in [-0.15, -0.1) is 0 Å². The number of nitrogens with zero attached hydrogens (tertiary/aromatic N) is 6. The molecule has 3 heterocycles. The molecule has 0 N–H and O–H groups in total. The van der Waals surface area contributed by atoms with Crippen molar-refractivity contribution < 1.29 is 9.32 Å². The lowest BCUT2D eigenvalue weighted by Gasteiger charge is -2.20. The Morgan fingerprint density at radius 2 is 2.20 bits per heavy atom. The first-order valence-electron chi connectivity index (χ1n) is 8.50. The summed E-state index contributed by atoms with van der Waals surface area (Å²) in [5.41, 5.74) is 2.21. The number of aryl methyl sites for hydroxylation is 1. The molecule has 1 saturated heterocycles. The third-order valence-corrected chi connectivity index (χ3v) is 4.72. The van der Waals surface area contributed by atoms with Crippen LogP contribution in [0, 0.1) is 0 Å². The summed E-state index contributed by atoms with van der Waals surface area (Å²) in [7, 11) is 7.84. The lowest BCUT2D eigenvalue weighted by Crippen LogP contribution is -2.32. The third kappa shape index (κ3) is 4.08. The zero-order valence-corrected chi connectivity index (χ0v) is 15.3. The quantitative estimate of drug-likeness (QED) is 0.771. The lowest BCUT2D eigenvalue weighted by molar-refractivity contribution is 0.0773. The maximum atomic E-state index is 12.8. The van der Waals surface area contributed by atoms with Gasteiger partial charge in [0, 0.05) is 57.6 Å². The van der Waals surface area contributed by atoms with Gasteiger partial charge in [0.25, 0.3) is 5.91 Å². The van der Waals surface area contributed by atoms with Gasteiger partial charge in [0.15, 0.2) is 5.69 Å². The molecule has 1 aliphatic heterocycles. The Balaban J connectivity index is 1.69. The summed E-state index contributed by atoms with van der Waals surface area (Å²) in [5.74, 6) is -0.0954. The van der Waals surface area contributed by atoms with Crippen LogP contribution in [0.25, 0.3) is 0 Å². The molecule has 0 aliphatic carbocycles. The number of aromatic nitrogens is 3. The smallest absolute Gasteiger partial charge is 0.274 e. The van der Waals surface area contributed by atoms with E-state index in [1.165, 1.54) is 6.26 Å². The predicted molar refractivity (Wildman–Crippen MR) is 92.9 cm³/mol. The Kier molecular flexibility index (Phi) is 5.19. The Morgan fingerprint density at radius 1 is 1.40 bits per heavy atom. The van der Waals surface area contributed by atoms with Gasteiger partial charge in [-0.3, -0.25) is 14.4 Å². The second kappa shape index (κ2) is 7.37. The number of hydrogen-bond donors (Lipinski definition) is 0. The van der Waals surface area contributed by atoms with Crippen LogP contribution in [0.1, 0.15) is 28.2 Å². The first kappa shape index (κ1) is 17.6. The molecule has 0 bridgehead atoms. The molecule has 1 amide bonds. The second-order valence-corrected chi connectivity index (χ2v) is 6.97. The molecule has 0 radical (unpaired) electrons. The molecule has 1 aliphatic rings.